The molecule has 2 heterocycles. The highest BCUT2D eigenvalue weighted by atomic mass is 32.2. The van der Waals surface area contributed by atoms with E-state index >= 15 is 0 Å². The van der Waals surface area contributed by atoms with Crippen molar-refractivity contribution in [2.24, 2.45) is 0 Å². The van der Waals surface area contributed by atoms with E-state index in [-0.39, 0.29) is 5.56 Å². The van der Waals surface area contributed by atoms with Crippen molar-refractivity contribution in [3.05, 3.63) is 77.1 Å². The number of rotatable bonds is 7. The van der Waals surface area contributed by atoms with Gasteiger partial charge in [0.2, 0.25) is 0 Å². The second-order valence-electron chi connectivity index (χ2n) is 5.87. The summed E-state index contributed by atoms with van der Waals surface area (Å²) in [7, 11) is 0. The van der Waals surface area contributed by atoms with Crippen LogP contribution in [-0.2, 0) is 0 Å². The number of aromatic nitrogens is 4. The summed E-state index contributed by atoms with van der Waals surface area (Å²) < 4.78 is 7.35. The van der Waals surface area contributed by atoms with Crippen LogP contribution in [0.15, 0.2) is 76.7 Å². The minimum absolute atomic E-state index is 0.191. The molecule has 0 saturated heterocycles. The summed E-state index contributed by atoms with van der Waals surface area (Å²) in [6, 6.07) is 21.0. The predicted molar refractivity (Wildman–Crippen MR) is 106 cm³/mol. The molecule has 4 aromatic rings. The Morgan fingerprint density at radius 1 is 1.00 bits per heavy atom. The highest BCUT2D eigenvalue weighted by Crippen LogP contribution is 2.22. The number of benzene rings is 2. The molecule has 4 rings (SSSR count). The van der Waals surface area contributed by atoms with E-state index in [9.17, 15) is 4.79 Å². The second kappa shape index (κ2) is 8.09. The molecule has 2 aromatic carbocycles. The van der Waals surface area contributed by atoms with Crippen molar-refractivity contribution in [1.29, 1.82) is 0 Å². The van der Waals surface area contributed by atoms with Crippen LogP contribution < -0.4 is 10.3 Å². The first-order chi connectivity index (χ1) is 13.3. The Hall–Kier alpha value is -3.06. The Morgan fingerprint density at radius 3 is 2.52 bits per heavy atom. The van der Waals surface area contributed by atoms with Gasteiger partial charge in [0.05, 0.1) is 6.61 Å². The van der Waals surface area contributed by atoms with Crippen molar-refractivity contribution in [1.82, 2.24) is 19.6 Å². The van der Waals surface area contributed by atoms with Gasteiger partial charge >= 0.3 is 0 Å². The molecule has 136 valence electrons. The normalized spacial score (nSPS) is 11.0. The molecule has 0 atom stereocenters. The van der Waals surface area contributed by atoms with Gasteiger partial charge in [-0.15, -0.1) is 0 Å². The van der Waals surface area contributed by atoms with Crippen LogP contribution in [0.4, 0.5) is 0 Å². The zero-order valence-electron chi connectivity index (χ0n) is 14.5. The smallest absolute Gasteiger partial charge is 0.266 e. The minimum Gasteiger partial charge on any atom is -0.494 e. The fraction of sp³-hybridized carbons (Fsp3) is 0.150. The molecule has 0 spiro atoms. The molecular weight excluding hydrogens is 360 g/mol. The first-order valence-electron chi connectivity index (χ1n) is 8.65. The van der Waals surface area contributed by atoms with Gasteiger partial charge in [-0.05, 0) is 18.6 Å². The van der Waals surface area contributed by atoms with Gasteiger partial charge in [0.1, 0.15) is 5.75 Å². The third kappa shape index (κ3) is 4.20. The maximum absolute atomic E-state index is 11.7. The molecule has 0 amide bonds. The van der Waals surface area contributed by atoms with E-state index in [1.54, 1.807) is 16.3 Å². The molecule has 7 heteroatoms. The van der Waals surface area contributed by atoms with Crippen LogP contribution in [0.1, 0.15) is 6.42 Å². The molecule has 0 fully saturated rings. The van der Waals surface area contributed by atoms with Crippen molar-refractivity contribution < 1.29 is 4.74 Å². The lowest BCUT2D eigenvalue weighted by atomic mass is 10.2. The Morgan fingerprint density at radius 2 is 1.74 bits per heavy atom. The van der Waals surface area contributed by atoms with E-state index in [1.165, 1.54) is 6.07 Å². The molecule has 27 heavy (non-hydrogen) atoms. The maximum atomic E-state index is 11.7. The van der Waals surface area contributed by atoms with Gasteiger partial charge in [0, 0.05) is 17.4 Å². The number of nitrogens with zero attached hydrogens (tertiary/aromatic N) is 3. The van der Waals surface area contributed by atoms with Crippen LogP contribution in [0.2, 0.25) is 0 Å². The van der Waals surface area contributed by atoms with Gasteiger partial charge in [0.15, 0.2) is 16.6 Å². The highest BCUT2D eigenvalue weighted by Gasteiger charge is 2.11. The number of ether oxygens (including phenoxy) is 1. The van der Waals surface area contributed by atoms with Crippen molar-refractivity contribution in [3.63, 3.8) is 0 Å². The first kappa shape index (κ1) is 17.4. The Labute approximate surface area is 160 Å². The zero-order valence-corrected chi connectivity index (χ0v) is 15.4. The summed E-state index contributed by atoms with van der Waals surface area (Å²) >= 11 is 1.57. The van der Waals surface area contributed by atoms with Gasteiger partial charge in [-0.2, -0.15) is 0 Å². The number of para-hydroxylation sites is 1. The molecule has 0 unspecified atom stereocenters. The predicted octanol–water partition coefficient (Wildman–Crippen LogP) is 3.65. The van der Waals surface area contributed by atoms with Gasteiger partial charge in [0.25, 0.3) is 5.56 Å². The quantitative estimate of drug-likeness (QED) is 0.393. The average molecular weight is 378 g/mol. The molecule has 2 aromatic heterocycles. The third-order valence-electron chi connectivity index (χ3n) is 3.89. The summed E-state index contributed by atoms with van der Waals surface area (Å²) in [5, 5.41) is 3.47. The molecule has 0 saturated carbocycles. The molecule has 0 aliphatic carbocycles. The van der Waals surface area contributed by atoms with Crippen LogP contribution >= 0.6 is 11.8 Å². The zero-order chi connectivity index (χ0) is 18.5. The lowest BCUT2D eigenvalue weighted by Gasteiger charge is -2.08. The molecule has 0 aliphatic rings. The summed E-state index contributed by atoms with van der Waals surface area (Å²) in [5.74, 6) is 2.29. The Kier molecular flexibility index (Phi) is 5.20. The molecule has 6 nitrogen and oxygen atoms in total. The molecule has 0 bridgehead atoms. The first-order valence-corrected chi connectivity index (χ1v) is 9.64. The number of fused-ring (bicyclic) bond motifs is 1. The van der Waals surface area contributed by atoms with E-state index in [0.717, 1.165) is 23.5 Å². The topological polar surface area (TPSA) is 72.3 Å². The molecular formula is C20H18N4O2S. The number of thioether (sulfide) groups is 1. The van der Waals surface area contributed by atoms with Crippen molar-refractivity contribution in [2.75, 3.05) is 12.4 Å². The standard InChI is InChI=1S/C20H18N4O2S/c25-18-14-17-21-19(15-8-3-1-4-9-15)22-20(24(17)23-18)27-13-7-12-26-16-10-5-2-6-11-16/h1-6,8-11,14H,7,12-13H2,(H,23,25). The van der Waals surface area contributed by atoms with E-state index in [1.807, 2.05) is 60.7 Å². The fourth-order valence-corrected chi connectivity index (χ4v) is 3.49. The summed E-state index contributed by atoms with van der Waals surface area (Å²) in [6.07, 6.45) is 0.858. The van der Waals surface area contributed by atoms with Gasteiger partial charge in [-0.1, -0.05) is 60.3 Å². The number of aromatic amines is 1. The lowest BCUT2D eigenvalue weighted by Crippen LogP contribution is -2.05. The van der Waals surface area contributed by atoms with Crippen LogP contribution in [0.5, 0.6) is 5.75 Å². The maximum Gasteiger partial charge on any atom is 0.266 e. The molecule has 1 N–H and O–H groups in total. The number of H-pyrrole nitrogens is 1. The second-order valence-corrected chi connectivity index (χ2v) is 6.94. The number of hydrogen-bond acceptors (Lipinski definition) is 5. The van der Waals surface area contributed by atoms with Gasteiger partial charge in [-0.3, -0.25) is 9.89 Å². The summed E-state index contributed by atoms with van der Waals surface area (Å²) in [5.41, 5.74) is 1.29. The van der Waals surface area contributed by atoms with E-state index in [4.69, 9.17) is 4.74 Å². The van der Waals surface area contributed by atoms with E-state index in [0.29, 0.717) is 23.2 Å². The SMILES string of the molecule is O=c1cc2nc(-c3ccccc3)nc(SCCCOc3ccccc3)n2[nH]1. The van der Waals surface area contributed by atoms with Crippen LogP contribution in [-0.4, -0.2) is 31.9 Å². The van der Waals surface area contributed by atoms with E-state index < -0.39 is 0 Å². The van der Waals surface area contributed by atoms with E-state index in [2.05, 4.69) is 15.1 Å². The average Bonchev–Trinajstić information content (AvgIpc) is 3.09. The Bertz CT molecular complexity index is 1080. The minimum atomic E-state index is -0.191. The van der Waals surface area contributed by atoms with Crippen LogP contribution in [0, 0.1) is 0 Å². The fourth-order valence-electron chi connectivity index (χ4n) is 2.63. The summed E-state index contributed by atoms with van der Waals surface area (Å²) in [6.45, 7) is 0.624. The Balaban J connectivity index is 1.48. The van der Waals surface area contributed by atoms with Crippen molar-refractivity contribution in [2.45, 2.75) is 11.6 Å². The van der Waals surface area contributed by atoms with Crippen molar-refractivity contribution >= 4 is 17.4 Å². The van der Waals surface area contributed by atoms with Crippen molar-refractivity contribution in [3.8, 4) is 17.1 Å². The molecule has 0 aliphatic heterocycles. The lowest BCUT2D eigenvalue weighted by molar-refractivity contribution is 0.318. The van der Waals surface area contributed by atoms with Gasteiger partial charge in [-0.25, -0.2) is 14.5 Å². The molecule has 0 radical (unpaired) electrons. The largest absolute Gasteiger partial charge is 0.494 e. The number of hydrogen-bond donors (Lipinski definition) is 1. The number of nitrogens with one attached hydrogen (secondary N) is 1. The van der Waals surface area contributed by atoms with Crippen LogP contribution in [0.3, 0.4) is 0 Å². The monoisotopic (exact) mass is 378 g/mol. The highest BCUT2D eigenvalue weighted by molar-refractivity contribution is 7.99. The summed E-state index contributed by atoms with van der Waals surface area (Å²) in [4.78, 5) is 20.9. The third-order valence-corrected chi connectivity index (χ3v) is 4.91. The van der Waals surface area contributed by atoms with Gasteiger partial charge < -0.3 is 4.74 Å². The van der Waals surface area contributed by atoms with Crippen LogP contribution in [0.25, 0.3) is 17.0 Å².